The van der Waals surface area contributed by atoms with Crippen LogP contribution >= 0.6 is 0 Å². The zero-order valence-electron chi connectivity index (χ0n) is 11.8. The molecule has 1 aromatic carbocycles. The lowest BCUT2D eigenvalue weighted by Gasteiger charge is -2.36. The van der Waals surface area contributed by atoms with Gasteiger partial charge in [-0.2, -0.15) is 0 Å². The molecule has 0 spiro atoms. The quantitative estimate of drug-likeness (QED) is 0.833. The highest BCUT2D eigenvalue weighted by Gasteiger charge is 2.27. The molecule has 1 heterocycles. The van der Waals surface area contributed by atoms with Crippen LogP contribution in [-0.4, -0.2) is 30.5 Å². The van der Waals surface area contributed by atoms with Gasteiger partial charge in [-0.3, -0.25) is 4.79 Å². The van der Waals surface area contributed by atoms with E-state index in [9.17, 15) is 4.79 Å². The molecule has 2 unspecified atom stereocenters. The minimum atomic E-state index is 0.0637. The van der Waals surface area contributed by atoms with E-state index in [1.807, 2.05) is 4.90 Å². The number of nitrogens with two attached hydrogens (primary N) is 1. The normalized spacial score (nSPS) is 23.2. The van der Waals surface area contributed by atoms with Gasteiger partial charge in [-0.05, 0) is 43.9 Å². The number of hydrogen-bond donors (Lipinski definition) is 1. The second-order valence-electron chi connectivity index (χ2n) is 5.43. The van der Waals surface area contributed by atoms with Crippen LogP contribution in [0.2, 0.25) is 0 Å². The summed E-state index contributed by atoms with van der Waals surface area (Å²) in [6.45, 7) is 5.18. The minimum absolute atomic E-state index is 0.0637. The van der Waals surface area contributed by atoms with Crippen LogP contribution in [0, 0.1) is 5.92 Å². The molecule has 0 bridgehead atoms. The Kier molecular flexibility index (Phi) is 3.98. The van der Waals surface area contributed by atoms with E-state index in [0.717, 1.165) is 19.4 Å². The van der Waals surface area contributed by atoms with Crippen molar-refractivity contribution >= 4 is 11.6 Å². The SMILES string of the molecule is COc1ccc(C(=O)N2CCC(C)CC2C)cc1N. The Balaban J connectivity index is 2.17. The summed E-state index contributed by atoms with van der Waals surface area (Å²) in [4.78, 5) is 14.4. The van der Waals surface area contributed by atoms with Gasteiger partial charge in [0, 0.05) is 18.2 Å². The average Bonchev–Trinajstić information content (AvgIpc) is 2.38. The van der Waals surface area contributed by atoms with E-state index < -0.39 is 0 Å². The number of carbonyl (C=O) groups is 1. The second-order valence-corrected chi connectivity index (χ2v) is 5.43. The van der Waals surface area contributed by atoms with Crippen LogP contribution in [-0.2, 0) is 0 Å². The molecule has 1 fully saturated rings. The van der Waals surface area contributed by atoms with Gasteiger partial charge in [0.1, 0.15) is 5.75 Å². The molecule has 2 rings (SSSR count). The Hall–Kier alpha value is -1.71. The molecule has 0 aliphatic carbocycles. The average molecular weight is 262 g/mol. The first-order valence-electron chi connectivity index (χ1n) is 6.77. The molecular formula is C15H22N2O2. The topological polar surface area (TPSA) is 55.6 Å². The number of hydrogen-bond acceptors (Lipinski definition) is 3. The van der Waals surface area contributed by atoms with Crippen molar-refractivity contribution in [2.45, 2.75) is 32.7 Å². The number of benzene rings is 1. The van der Waals surface area contributed by atoms with Crippen molar-refractivity contribution in [1.29, 1.82) is 0 Å². The van der Waals surface area contributed by atoms with Gasteiger partial charge < -0.3 is 15.4 Å². The Morgan fingerprint density at radius 3 is 2.74 bits per heavy atom. The summed E-state index contributed by atoms with van der Waals surface area (Å²) in [5.74, 6) is 1.37. The zero-order valence-corrected chi connectivity index (χ0v) is 11.8. The predicted molar refractivity (Wildman–Crippen MR) is 76.3 cm³/mol. The fraction of sp³-hybridized carbons (Fsp3) is 0.533. The van der Waals surface area contributed by atoms with Crippen LogP contribution < -0.4 is 10.5 Å². The van der Waals surface area contributed by atoms with Crippen molar-refractivity contribution in [3.05, 3.63) is 23.8 Å². The van der Waals surface area contributed by atoms with Crippen molar-refractivity contribution < 1.29 is 9.53 Å². The van der Waals surface area contributed by atoms with E-state index in [1.54, 1.807) is 25.3 Å². The van der Waals surface area contributed by atoms with Crippen LogP contribution in [0.1, 0.15) is 37.0 Å². The van der Waals surface area contributed by atoms with E-state index in [0.29, 0.717) is 29.0 Å². The lowest BCUT2D eigenvalue weighted by atomic mass is 9.93. The number of ether oxygens (including phenoxy) is 1. The summed E-state index contributed by atoms with van der Waals surface area (Å²) in [6.07, 6.45) is 2.14. The summed E-state index contributed by atoms with van der Waals surface area (Å²) in [6, 6.07) is 5.52. The van der Waals surface area contributed by atoms with E-state index in [4.69, 9.17) is 10.5 Å². The van der Waals surface area contributed by atoms with Gasteiger partial charge in [0.2, 0.25) is 0 Å². The van der Waals surface area contributed by atoms with Gasteiger partial charge in [0.15, 0.2) is 0 Å². The van der Waals surface area contributed by atoms with Gasteiger partial charge in [0.25, 0.3) is 5.91 Å². The van der Waals surface area contributed by atoms with Crippen LogP contribution in [0.5, 0.6) is 5.75 Å². The maximum atomic E-state index is 12.5. The fourth-order valence-electron chi connectivity index (χ4n) is 2.74. The molecule has 19 heavy (non-hydrogen) atoms. The summed E-state index contributed by atoms with van der Waals surface area (Å²) in [5.41, 5.74) is 7.00. The van der Waals surface area contributed by atoms with Gasteiger partial charge >= 0.3 is 0 Å². The van der Waals surface area contributed by atoms with Gasteiger partial charge in [0.05, 0.1) is 12.8 Å². The van der Waals surface area contributed by atoms with Crippen molar-refractivity contribution in [3.63, 3.8) is 0 Å². The molecule has 1 aliphatic rings. The number of likely N-dealkylation sites (tertiary alicyclic amines) is 1. The molecule has 0 aromatic heterocycles. The molecule has 4 nitrogen and oxygen atoms in total. The number of anilines is 1. The lowest BCUT2D eigenvalue weighted by Crippen LogP contribution is -2.44. The number of rotatable bonds is 2. The van der Waals surface area contributed by atoms with E-state index in [1.165, 1.54) is 0 Å². The third-order valence-corrected chi connectivity index (χ3v) is 3.88. The predicted octanol–water partition coefficient (Wildman–Crippen LogP) is 2.54. The second kappa shape index (κ2) is 5.51. The first kappa shape index (κ1) is 13.7. The Labute approximate surface area is 114 Å². The Bertz CT molecular complexity index is 473. The molecular weight excluding hydrogens is 240 g/mol. The Morgan fingerprint density at radius 2 is 2.16 bits per heavy atom. The van der Waals surface area contributed by atoms with Crippen LogP contribution in [0.4, 0.5) is 5.69 Å². The number of piperidine rings is 1. The maximum absolute atomic E-state index is 12.5. The van der Waals surface area contributed by atoms with Crippen molar-refractivity contribution in [2.24, 2.45) is 5.92 Å². The summed E-state index contributed by atoms with van der Waals surface area (Å²) < 4.78 is 5.11. The van der Waals surface area contributed by atoms with Gasteiger partial charge in [-0.25, -0.2) is 0 Å². The van der Waals surface area contributed by atoms with Gasteiger partial charge in [-0.15, -0.1) is 0 Å². The molecule has 1 saturated heterocycles. The standard InChI is InChI=1S/C15H22N2O2/c1-10-6-7-17(11(2)8-10)15(18)12-4-5-14(19-3)13(16)9-12/h4-5,9-11H,6-8,16H2,1-3H3. The van der Waals surface area contributed by atoms with Crippen molar-refractivity contribution in [1.82, 2.24) is 4.90 Å². The van der Waals surface area contributed by atoms with E-state index in [2.05, 4.69) is 13.8 Å². The third kappa shape index (κ3) is 2.83. The van der Waals surface area contributed by atoms with E-state index in [-0.39, 0.29) is 5.91 Å². The molecule has 1 amide bonds. The molecule has 1 aliphatic heterocycles. The number of nitrogens with zero attached hydrogens (tertiary/aromatic N) is 1. The number of amides is 1. The molecule has 2 atom stereocenters. The highest BCUT2D eigenvalue weighted by atomic mass is 16.5. The molecule has 0 saturated carbocycles. The number of methoxy groups -OCH3 is 1. The van der Waals surface area contributed by atoms with Crippen molar-refractivity contribution in [2.75, 3.05) is 19.4 Å². The lowest BCUT2D eigenvalue weighted by molar-refractivity contribution is 0.0588. The molecule has 2 N–H and O–H groups in total. The molecule has 1 aromatic rings. The van der Waals surface area contributed by atoms with Gasteiger partial charge in [-0.1, -0.05) is 6.92 Å². The molecule has 0 radical (unpaired) electrons. The Morgan fingerprint density at radius 1 is 1.42 bits per heavy atom. The van der Waals surface area contributed by atoms with Crippen LogP contribution in [0.25, 0.3) is 0 Å². The number of carbonyl (C=O) groups excluding carboxylic acids is 1. The zero-order chi connectivity index (χ0) is 14.0. The first-order valence-corrected chi connectivity index (χ1v) is 6.77. The van der Waals surface area contributed by atoms with Crippen LogP contribution in [0.3, 0.4) is 0 Å². The fourth-order valence-corrected chi connectivity index (χ4v) is 2.74. The maximum Gasteiger partial charge on any atom is 0.254 e. The van der Waals surface area contributed by atoms with E-state index >= 15 is 0 Å². The third-order valence-electron chi connectivity index (χ3n) is 3.88. The highest BCUT2D eigenvalue weighted by Crippen LogP contribution is 2.26. The first-order chi connectivity index (χ1) is 9.02. The largest absolute Gasteiger partial charge is 0.495 e. The number of nitrogen functional groups attached to an aromatic ring is 1. The molecule has 4 heteroatoms. The van der Waals surface area contributed by atoms with Crippen LogP contribution in [0.15, 0.2) is 18.2 Å². The van der Waals surface area contributed by atoms with Crippen molar-refractivity contribution in [3.8, 4) is 5.75 Å². The molecule has 104 valence electrons. The summed E-state index contributed by atoms with van der Waals surface area (Å²) in [5, 5.41) is 0. The summed E-state index contributed by atoms with van der Waals surface area (Å²) >= 11 is 0. The smallest absolute Gasteiger partial charge is 0.254 e. The highest BCUT2D eigenvalue weighted by molar-refractivity contribution is 5.95. The minimum Gasteiger partial charge on any atom is -0.495 e. The summed E-state index contributed by atoms with van der Waals surface area (Å²) in [7, 11) is 1.57. The monoisotopic (exact) mass is 262 g/mol.